The number of carbonyl (C=O) groups is 4. The van der Waals surface area contributed by atoms with Crippen molar-refractivity contribution in [2.45, 2.75) is 39.8 Å². The number of hydrogen-bond acceptors (Lipinski definition) is 4. The summed E-state index contributed by atoms with van der Waals surface area (Å²) in [5, 5.41) is 0. The van der Waals surface area contributed by atoms with Crippen molar-refractivity contribution in [3.8, 4) is 0 Å². The van der Waals surface area contributed by atoms with Crippen molar-refractivity contribution in [1.29, 1.82) is 0 Å². The van der Waals surface area contributed by atoms with Gasteiger partial charge >= 0.3 is 0 Å². The standard InChI is InChI=1S/C26H30N4O4/c1-17-3-7-19(8-4-17)13-29-15-21(11-23(29)31)25(33)27-28-26(34)22-12-24(32)30(16-22)14-20-9-5-18(2)6-10-20/h3-10,21-22H,11-16H2,1-2H3,(H,27,33)(H,28,34). The van der Waals surface area contributed by atoms with Gasteiger partial charge in [-0.3, -0.25) is 30.0 Å². The number of nitrogens with zero attached hydrogens (tertiary/aromatic N) is 2. The van der Waals surface area contributed by atoms with Gasteiger partial charge in [0.1, 0.15) is 0 Å². The second-order valence-corrected chi connectivity index (χ2v) is 9.30. The third-order valence-corrected chi connectivity index (χ3v) is 6.47. The summed E-state index contributed by atoms with van der Waals surface area (Å²) >= 11 is 0. The molecule has 0 aromatic heterocycles. The number of amides is 4. The second kappa shape index (κ2) is 10.1. The molecule has 4 rings (SSSR count). The van der Waals surface area contributed by atoms with Crippen LogP contribution in [0.5, 0.6) is 0 Å². The molecule has 2 aromatic carbocycles. The molecule has 2 aromatic rings. The minimum Gasteiger partial charge on any atom is -0.338 e. The van der Waals surface area contributed by atoms with Gasteiger partial charge in [0.25, 0.3) is 0 Å². The molecule has 2 aliphatic rings. The highest BCUT2D eigenvalue weighted by molar-refractivity contribution is 5.92. The van der Waals surface area contributed by atoms with Crippen molar-refractivity contribution in [1.82, 2.24) is 20.7 Å². The number of likely N-dealkylation sites (tertiary alicyclic amines) is 2. The van der Waals surface area contributed by atoms with Crippen LogP contribution in [0.25, 0.3) is 0 Å². The topological polar surface area (TPSA) is 98.8 Å². The molecule has 8 heteroatoms. The number of hydrazine groups is 1. The summed E-state index contributed by atoms with van der Waals surface area (Å²) in [6, 6.07) is 15.9. The van der Waals surface area contributed by atoms with Crippen LogP contribution in [0.1, 0.15) is 35.1 Å². The van der Waals surface area contributed by atoms with Gasteiger partial charge in [0.15, 0.2) is 0 Å². The predicted octanol–water partition coefficient (Wildman–Crippen LogP) is 1.85. The van der Waals surface area contributed by atoms with Gasteiger partial charge in [-0.2, -0.15) is 0 Å². The molecule has 2 atom stereocenters. The van der Waals surface area contributed by atoms with E-state index in [0.717, 1.165) is 22.3 Å². The Morgan fingerprint density at radius 1 is 0.706 bits per heavy atom. The molecule has 0 radical (unpaired) electrons. The lowest BCUT2D eigenvalue weighted by Gasteiger charge is -2.18. The quantitative estimate of drug-likeness (QED) is 0.640. The lowest BCUT2D eigenvalue weighted by atomic mass is 10.1. The zero-order valence-corrected chi connectivity index (χ0v) is 19.5. The number of nitrogens with one attached hydrogen (secondary N) is 2. The summed E-state index contributed by atoms with van der Waals surface area (Å²) in [5.74, 6) is -2.01. The maximum Gasteiger partial charge on any atom is 0.243 e. The molecule has 4 amide bonds. The Morgan fingerprint density at radius 2 is 1.06 bits per heavy atom. The number of benzene rings is 2. The third-order valence-electron chi connectivity index (χ3n) is 6.47. The fraction of sp³-hybridized carbons (Fsp3) is 0.385. The summed E-state index contributed by atoms with van der Waals surface area (Å²) in [5.41, 5.74) is 9.21. The van der Waals surface area contributed by atoms with Crippen LogP contribution in [0.2, 0.25) is 0 Å². The molecule has 2 N–H and O–H groups in total. The molecule has 2 fully saturated rings. The highest BCUT2D eigenvalue weighted by Gasteiger charge is 2.36. The van der Waals surface area contributed by atoms with E-state index in [1.165, 1.54) is 0 Å². The Morgan fingerprint density at radius 3 is 1.41 bits per heavy atom. The van der Waals surface area contributed by atoms with Crippen molar-refractivity contribution in [3.05, 3.63) is 70.8 Å². The Labute approximate surface area is 199 Å². The molecular weight excluding hydrogens is 432 g/mol. The highest BCUT2D eigenvalue weighted by atomic mass is 16.2. The van der Waals surface area contributed by atoms with Crippen LogP contribution < -0.4 is 10.9 Å². The van der Waals surface area contributed by atoms with Crippen LogP contribution >= 0.6 is 0 Å². The van der Waals surface area contributed by atoms with E-state index in [1.807, 2.05) is 62.4 Å². The Hall–Kier alpha value is -3.68. The van der Waals surface area contributed by atoms with Crippen molar-refractivity contribution in [2.24, 2.45) is 11.8 Å². The molecule has 2 aliphatic heterocycles. The number of hydrogen-bond donors (Lipinski definition) is 2. The molecule has 0 aliphatic carbocycles. The fourth-order valence-electron chi connectivity index (χ4n) is 4.36. The van der Waals surface area contributed by atoms with Gasteiger partial charge < -0.3 is 9.80 Å². The number of rotatable bonds is 6. The monoisotopic (exact) mass is 462 g/mol. The first-order valence-electron chi connectivity index (χ1n) is 11.5. The lowest BCUT2D eigenvalue weighted by Crippen LogP contribution is -2.47. The maximum atomic E-state index is 12.6. The van der Waals surface area contributed by atoms with E-state index in [-0.39, 0.29) is 24.7 Å². The molecule has 8 nitrogen and oxygen atoms in total. The van der Waals surface area contributed by atoms with E-state index in [0.29, 0.717) is 26.2 Å². The van der Waals surface area contributed by atoms with Gasteiger partial charge in [0.05, 0.1) is 11.8 Å². The fourth-order valence-corrected chi connectivity index (χ4v) is 4.36. The summed E-state index contributed by atoms with van der Waals surface area (Å²) in [6.07, 6.45) is 0.222. The molecule has 34 heavy (non-hydrogen) atoms. The molecular formula is C26H30N4O4. The van der Waals surface area contributed by atoms with E-state index in [9.17, 15) is 19.2 Å². The molecule has 0 bridgehead atoms. The van der Waals surface area contributed by atoms with E-state index >= 15 is 0 Å². The highest BCUT2D eigenvalue weighted by Crippen LogP contribution is 2.22. The van der Waals surface area contributed by atoms with Crippen LogP contribution in [0.4, 0.5) is 0 Å². The molecule has 2 unspecified atom stereocenters. The number of carbonyl (C=O) groups excluding carboxylic acids is 4. The van der Waals surface area contributed by atoms with Crippen molar-refractivity contribution in [3.63, 3.8) is 0 Å². The third kappa shape index (κ3) is 5.62. The summed E-state index contributed by atoms with van der Waals surface area (Å²) in [7, 11) is 0. The van der Waals surface area contributed by atoms with Crippen LogP contribution in [0, 0.1) is 25.7 Å². The molecule has 0 saturated carbocycles. The van der Waals surface area contributed by atoms with E-state index in [1.54, 1.807) is 9.80 Å². The summed E-state index contributed by atoms with van der Waals surface area (Å²) in [4.78, 5) is 53.2. The lowest BCUT2D eigenvalue weighted by molar-refractivity contribution is -0.133. The number of aryl methyl sites for hydroxylation is 2. The summed E-state index contributed by atoms with van der Waals surface area (Å²) in [6.45, 7) is 5.53. The van der Waals surface area contributed by atoms with Crippen molar-refractivity contribution < 1.29 is 19.2 Å². The van der Waals surface area contributed by atoms with Gasteiger partial charge in [0, 0.05) is 39.0 Å². The zero-order chi connectivity index (χ0) is 24.2. The molecule has 2 heterocycles. The smallest absolute Gasteiger partial charge is 0.243 e. The molecule has 2 saturated heterocycles. The summed E-state index contributed by atoms with van der Waals surface area (Å²) < 4.78 is 0. The normalized spacial score (nSPS) is 20.1. The zero-order valence-electron chi connectivity index (χ0n) is 19.5. The maximum absolute atomic E-state index is 12.6. The minimum absolute atomic E-state index is 0.0832. The molecule has 0 spiro atoms. The van der Waals surface area contributed by atoms with Crippen LogP contribution in [0.3, 0.4) is 0 Å². The van der Waals surface area contributed by atoms with E-state index in [2.05, 4.69) is 10.9 Å². The largest absolute Gasteiger partial charge is 0.338 e. The van der Waals surface area contributed by atoms with Crippen LogP contribution in [-0.4, -0.2) is 46.5 Å². The van der Waals surface area contributed by atoms with Gasteiger partial charge in [-0.1, -0.05) is 59.7 Å². The Bertz CT molecular complexity index is 993. The average Bonchev–Trinajstić information content (AvgIpc) is 3.37. The van der Waals surface area contributed by atoms with Gasteiger partial charge in [-0.25, -0.2) is 0 Å². The Balaban J connectivity index is 1.24. The van der Waals surface area contributed by atoms with E-state index in [4.69, 9.17) is 0 Å². The average molecular weight is 463 g/mol. The van der Waals surface area contributed by atoms with Gasteiger partial charge in [-0.15, -0.1) is 0 Å². The first-order valence-corrected chi connectivity index (χ1v) is 11.5. The van der Waals surface area contributed by atoms with Gasteiger partial charge in [-0.05, 0) is 25.0 Å². The first kappa shape index (κ1) is 23.5. The Kier molecular flexibility index (Phi) is 6.95. The van der Waals surface area contributed by atoms with Crippen LogP contribution in [-0.2, 0) is 32.3 Å². The molecule has 178 valence electrons. The first-order chi connectivity index (χ1) is 16.3. The predicted molar refractivity (Wildman–Crippen MR) is 126 cm³/mol. The van der Waals surface area contributed by atoms with E-state index < -0.39 is 23.7 Å². The minimum atomic E-state index is -0.526. The van der Waals surface area contributed by atoms with Gasteiger partial charge in [0.2, 0.25) is 23.6 Å². The van der Waals surface area contributed by atoms with Crippen molar-refractivity contribution >= 4 is 23.6 Å². The van der Waals surface area contributed by atoms with Crippen LogP contribution in [0.15, 0.2) is 48.5 Å². The second-order valence-electron chi connectivity index (χ2n) is 9.30. The van der Waals surface area contributed by atoms with Crippen molar-refractivity contribution in [2.75, 3.05) is 13.1 Å². The SMILES string of the molecule is Cc1ccc(CN2CC(C(=O)NNC(=O)C3CC(=O)N(Cc4ccc(C)cc4)C3)CC2=O)cc1.